The van der Waals surface area contributed by atoms with Gasteiger partial charge in [0.15, 0.2) is 0 Å². The number of hydrogen-bond acceptors (Lipinski definition) is 4. The van der Waals surface area contributed by atoms with Crippen molar-refractivity contribution in [3.8, 4) is 5.75 Å². The van der Waals surface area contributed by atoms with E-state index in [-0.39, 0.29) is 16.9 Å². The van der Waals surface area contributed by atoms with E-state index in [2.05, 4.69) is 27.6 Å². The lowest BCUT2D eigenvalue weighted by atomic mass is 10.0. The molecule has 0 bridgehead atoms. The van der Waals surface area contributed by atoms with Crippen molar-refractivity contribution in [2.24, 2.45) is 5.92 Å². The normalized spacial score (nSPS) is 22.4. The summed E-state index contributed by atoms with van der Waals surface area (Å²) in [5.41, 5.74) is 0. The molecule has 0 spiro atoms. The first-order chi connectivity index (χ1) is 9.97. The molecule has 1 aromatic rings. The van der Waals surface area contributed by atoms with Crippen LogP contribution in [-0.4, -0.2) is 34.8 Å². The van der Waals surface area contributed by atoms with E-state index >= 15 is 0 Å². The topological polar surface area (TPSA) is 64.6 Å². The molecule has 0 radical (unpaired) electrons. The van der Waals surface area contributed by atoms with Crippen LogP contribution in [0.15, 0.2) is 27.6 Å². The fraction of sp³-hybridized carbons (Fsp3) is 0.571. The lowest BCUT2D eigenvalue weighted by molar-refractivity contribution is 0.0884. The Morgan fingerprint density at radius 1 is 1.48 bits per heavy atom. The maximum atomic E-state index is 12.5. The second-order valence-corrected chi connectivity index (χ2v) is 7.66. The molecule has 0 aromatic heterocycles. The van der Waals surface area contributed by atoms with Gasteiger partial charge in [0.25, 0.3) is 0 Å². The molecule has 1 N–H and O–H groups in total. The summed E-state index contributed by atoms with van der Waals surface area (Å²) in [6.45, 7) is 3.14. The third-order valence-corrected chi connectivity index (χ3v) is 5.64. The van der Waals surface area contributed by atoms with E-state index in [1.165, 1.54) is 7.11 Å². The molecule has 1 heterocycles. The van der Waals surface area contributed by atoms with Gasteiger partial charge in [0, 0.05) is 23.5 Å². The van der Waals surface area contributed by atoms with Crippen molar-refractivity contribution in [3.05, 3.63) is 22.7 Å². The van der Waals surface area contributed by atoms with Gasteiger partial charge >= 0.3 is 0 Å². The van der Waals surface area contributed by atoms with Gasteiger partial charge in [0.05, 0.1) is 13.2 Å². The molecule has 7 heteroatoms. The number of benzene rings is 1. The Labute approximate surface area is 134 Å². The molecule has 2 atom stereocenters. The fourth-order valence-electron chi connectivity index (χ4n) is 2.53. The Morgan fingerprint density at radius 3 is 2.90 bits per heavy atom. The van der Waals surface area contributed by atoms with Gasteiger partial charge in [-0.25, -0.2) is 13.1 Å². The van der Waals surface area contributed by atoms with Gasteiger partial charge < -0.3 is 9.47 Å². The average molecular weight is 378 g/mol. The van der Waals surface area contributed by atoms with Gasteiger partial charge in [0.2, 0.25) is 10.0 Å². The Bertz CT molecular complexity index is 591. The summed E-state index contributed by atoms with van der Waals surface area (Å²) in [6, 6.07) is 4.92. The minimum Gasteiger partial charge on any atom is -0.495 e. The Balaban J connectivity index is 2.13. The minimum absolute atomic E-state index is 0.136. The van der Waals surface area contributed by atoms with E-state index in [9.17, 15) is 8.42 Å². The summed E-state index contributed by atoms with van der Waals surface area (Å²) in [5, 5.41) is 0. The molecule has 1 aliphatic heterocycles. The fourth-order valence-corrected chi connectivity index (χ4v) is 4.33. The molecule has 118 valence electrons. The summed E-state index contributed by atoms with van der Waals surface area (Å²) in [5.74, 6) is 0.559. The number of ether oxygens (including phenoxy) is 2. The standard InChI is InChI=1S/C14H20BrNO4S/c1-3-12-10(6-7-20-12)9-16-21(17,18)14-8-11(15)4-5-13(14)19-2/h4-5,8,10,12,16H,3,6-7,9H2,1-2H3. The van der Waals surface area contributed by atoms with Crippen LogP contribution < -0.4 is 9.46 Å². The van der Waals surface area contributed by atoms with E-state index < -0.39 is 10.0 Å². The van der Waals surface area contributed by atoms with Crippen LogP contribution in [0.1, 0.15) is 19.8 Å². The number of methoxy groups -OCH3 is 1. The van der Waals surface area contributed by atoms with Crippen LogP contribution >= 0.6 is 15.9 Å². The smallest absolute Gasteiger partial charge is 0.244 e. The first-order valence-corrected chi connectivity index (χ1v) is 9.20. The Kier molecular flexibility index (Phi) is 5.65. The van der Waals surface area contributed by atoms with Crippen molar-refractivity contribution < 1.29 is 17.9 Å². The van der Waals surface area contributed by atoms with Gasteiger partial charge in [-0.3, -0.25) is 0 Å². The Morgan fingerprint density at radius 2 is 2.24 bits per heavy atom. The Hall–Kier alpha value is -0.630. The molecule has 2 unspecified atom stereocenters. The van der Waals surface area contributed by atoms with Crippen molar-refractivity contribution in [2.75, 3.05) is 20.3 Å². The van der Waals surface area contributed by atoms with Crippen LogP contribution in [0.25, 0.3) is 0 Å². The van der Waals surface area contributed by atoms with Crippen molar-refractivity contribution in [1.82, 2.24) is 4.72 Å². The van der Waals surface area contributed by atoms with Crippen LogP contribution in [0.2, 0.25) is 0 Å². The molecule has 1 saturated heterocycles. The molecule has 1 aromatic carbocycles. The third-order valence-electron chi connectivity index (χ3n) is 3.70. The highest BCUT2D eigenvalue weighted by Gasteiger charge is 2.29. The molecule has 1 fully saturated rings. The van der Waals surface area contributed by atoms with Crippen LogP contribution in [0.5, 0.6) is 5.75 Å². The number of hydrogen-bond donors (Lipinski definition) is 1. The number of sulfonamides is 1. The van der Waals surface area contributed by atoms with Crippen LogP contribution in [0, 0.1) is 5.92 Å². The monoisotopic (exact) mass is 377 g/mol. The molecule has 21 heavy (non-hydrogen) atoms. The molecule has 2 rings (SSSR count). The summed E-state index contributed by atoms with van der Waals surface area (Å²) in [6.07, 6.45) is 1.92. The highest BCUT2D eigenvalue weighted by molar-refractivity contribution is 9.10. The number of rotatable bonds is 6. The first kappa shape index (κ1) is 16.7. The minimum atomic E-state index is -3.61. The van der Waals surface area contributed by atoms with Crippen LogP contribution in [-0.2, 0) is 14.8 Å². The van der Waals surface area contributed by atoms with Gasteiger partial charge in [-0.1, -0.05) is 22.9 Å². The third kappa shape index (κ3) is 3.97. The zero-order valence-corrected chi connectivity index (χ0v) is 14.5. The van der Waals surface area contributed by atoms with Gasteiger partial charge in [0.1, 0.15) is 10.6 Å². The van der Waals surface area contributed by atoms with E-state index in [0.29, 0.717) is 23.4 Å². The summed E-state index contributed by atoms with van der Waals surface area (Å²) in [4.78, 5) is 0.145. The number of halogens is 1. The van der Waals surface area contributed by atoms with Crippen LogP contribution in [0.3, 0.4) is 0 Å². The van der Waals surface area contributed by atoms with Crippen molar-refractivity contribution in [1.29, 1.82) is 0 Å². The molecule has 0 amide bonds. The molecule has 5 nitrogen and oxygen atoms in total. The van der Waals surface area contributed by atoms with Crippen molar-refractivity contribution >= 4 is 26.0 Å². The maximum Gasteiger partial charge on any atom is 0.244 e. The summed E-state index contributed by atoms with van der Waals surface area (Å²) < 4.78 is 39.0. The van der Waals surface area contributed by atoms with E-state index in [1.807, 2.05) is 0 Å². The van der Waals surface area contributed by atoms with Crippen molar-refractivity contribution in [3.63, 3.8) is 0 Å². The van der Waals surface area contributed by atoms with E-state index in [0.717, 1.165) is 12.8 Å². The second-order valence-electron chi connectivity index (χ2n) is 5.01. The average Bonchev–Trinajstić information content (AvgIpc) is 2.92. The summed E-state index contributed by atoms with van der Waals surface area (Å²) >= 11 is 3.29. The number of nitrogens with one attached hydrogen (secondary N) is 1. The molecular formula is C14H20BrNO4S. The highest BCUT2D eigenvalue weighted by Crippen LogP contribution is 2.28. The quantitative estimate of drug-likeness (QED) is 0.827. The molecule has 1 aliphatic rings. The zero-order chi connectivity index (χ0) is 15.5. The van der Waals surface area contributed by atoms with Gasteiger partial charge in [-0.15, -0.1) is 0 Å². The SMILES string of the molecule is CCC1OCCC1CNS(=O)(=O)c1cc(Br)ccc1OC. The van der Waals surface area contributed by atoms with E-state index in [4.69, 9.17) is 9.47 Å². The first-order valence-electron chi connectivity index (χ1n) is 6.92. The van der Waals surface area contributed by atoms with E-state index in [1.54, 1.807) is 18.2 Å². The van der Waals surface area contributed by atoms with Gasteiger partial charge in [-0.05, 0) is 31.0 Å². The summed E-state index contributed by atoms with van der Waals surface area (Å²) in [7, 11) is -2.15. The van der Waals surface area contributed by atoms with Crippen molar-refractivity contribution in [2.45, 2.75) is 30.8 Å². The molecule has 0 saturated carbocycles. The predicted molar refractivity (Wildman–Crippen MR) is 84.0 cm³/mol. The predicted octanol–water partition coefficient (Wildman–Crippen LogP) is 2.55. The zero-order valence-electron chi connectivity index (χ0n) is 12.1. The largest absolute Gasteiger partial charge is 0.495 e. The van der Waals surface area contributed by atoms with Crippen LogP contribution in [0.4, 0.5) is 0 Å². The van der Waals surface area contributed by atoms with Gasteiger partial charge in [-0.2, -0.15) is 0 Å². The molecular weight excluding hydrogens is 358 g/mol. The molecule has 0 aliphatic carbocycles. The second kappa shape index (κ2) is 7.09. The maximum absolute atomic E-state index is 12.5. The lowest BCUT2D eigenvalue weighted by Gasteiger charge is -2.18. The highest BCUT2D eigenvalue weighted by atomic mass is 79.9. The lowest BCUT2D eigenvalue weighted by Crippen LogP contribution is -2.33.